The van der Waals surface area contributed by atoms with Crippen LogP contribution in [0.5, 0.6) is 0 Å². The average molecular weight is 710 g/mol. The Morgan fingerprint density at radius 1 is 0.736 bits per heavy atom. The van der Waals surface area contributed by atoms with Gasteiger partial charge < -0.3 is 34.8 Å². The second-order valence-corrected chi connectivity index (χ2v) is 13.5. The largest absolute Gasteiger partial charge is 0.431 e. The average Bonchev–Trinajstić information content (AvgIpc) is 4.03. The SMILES string of the molecule is Cn1cncc1C(=O)N1CCC[C@H]1c1ncc(-c2ccc(-c3ccc(-c4cnc([C@@H]5CCCN5C(=O)[C@H](OC(N)=O)c5ccccc5)[nH]4)cc3)cc2)[nH]1. The first-order chi connectivity index (χ1) is 25.8. The summed E-state index contributed by atoms with van der Waals surface area (Å²) >= 11 is 0. The summed E-state index contributed by atoms with van der Waals surface area (Å²) in [6.45, 7) is 1.21. The van der Waals surface area contributed by atoms with E-state index in [9.17, 15) is 14.4 Å². The van der Waals surface area contributed by atoms with Gasteiger partial charge in [0.1, 0.15) is 17.3 Å². The third-order valence-corrected chi connectivity index (χ3v) is 10.2. The first kappa shape index (κ1) is 33.6. The zero-order valence-corrected chi connectivity index (χ0v) is 29.2. The number of aryl methyl sites for hydroxylation is 1. The second-order valence-electron chi connectivity index (χ2n) is 13.5. The van der Waals surface area contributed by atoms with Crippen molar-refractivity contribution >= 4 is 17.9 Å². The first-order valence-corrected chi connectivity index (χ1v) is 17.7. The number of aromatic amines is 2. The number of imidazole rings is 3. The van der Waals surface area contributed by atoms with Crippen LogP contribution in [-0.4, -0.2) is 70.3 Å². The normalized spacial score (nSPS) is 17.6. The number of nitrogens with two attached hydrogens (primary N) is 1. The van der Waals surface area contributed by atoms with Crippen molar-refractivity contribution in [1.82, 2.24) is 39.3 Å². The van der Waals surface area contributed by atoms with Crippen LogP contribution in [0.2, 0.25) is 0 Å². The summed E-state index contributed by atoms with van der Waals surface area (Å²) in [6.07, 6.45) is 8.05. The fourth-order valence-corrected chi connectivity index (χ4v) is 7.46. The van der Waals surface area contributed by atoms with Crippen LogP contribution >= 0.6 is 0 Å². The van der Waals surface area contributed by atoms with E-state index in [2.05, 4.69) is 61.3 Å². The molecule has 5 heterocycles. The molecule has 8 rings (SSSR count). The molecule has 3 aromatic carbocycles. The fourth-order valence-electron chi connectivity index (χ4n) is 7.46. The molecule has 0 saturated carbocycles. The number of likely N-dealkylation sites (tertiary alicyclic amines) is 2. The molecule has 268 valence electrons. The highest BCUT2D eigenvalue weighted by molar-refractivity contribution is 5.93. The number of nitrogens with one attached hydrogen (secondary N) is 2. The molecule has 2 aliphatic rings. The topological polar surface area (TPSA) is 168 Å². The van der Waals surface area contributed by atoms with Gasteiger partial charge in [0.25, 0.3) is 11.8 Å². The lowest BCUT2D eigenvalue weighted by Crippen LogP contribution is -2.37. The number of benzene rings is 3. The Kier molecular flexibility index (Phi) is 9.05. The molecular formula is C40H39N9O4. The van der Waals surface area contributed by atoms with Crippen molar-refractivity contribution in [3.8, 4) is 33.6 Å². The van der Waals surface area contributed by atoms with Crippen LogP contribution in [0.15, 0.2) is 104 Å². The summed E-state index contributed by atoms with van der Waals surface area (Å²) in [6, 6.07) is 25.1. The second kappa shape index (κ2) is 14.3. The number of aromatic nitrogens is 6. The molecule has 6 aromatic rings. The molecule has 2 aliphatic heterocycles. The number of hydrogen-bond donors (Lipinski definition) is 3. The number of ether oxygens (including phenoxy) is 1. The summed E-state index contributed by atoms with van der Waals surface area (Å²) in [7, 11) is 1.83. The fraction of sp³-hybridized carbons (Fsp3) is 0.250. The van der Waals surface area contributed by atoms with Crippen LogP contribution in [0.25, 0.3) is 33.6 Å². The van der Waals surface area contributed by atoms with Gasteiger partial charge >= 0.3 is 6.09 Å². The van der Waals surface area contributed by atoms with Crippen molar-refractivity contribution < 1.29 is 19.1 Å². The molecule has 13 heteroatoms. The summed E-state index contributed by atoms with van der Waals surface area (Å²) in [5, 5.41) is 0. The Bertz CT molecular complexity index is 2240. The predicted octanol–water partition coefficient (Wildman–Crippen LogP) is 6.34. The smallest absolute Gasteiger partial charge is 0.405 e. The van der Waals surface area contributed by atoms with E-state index in [1.54, 1.807) is 52.5 Å². The summed E-state index contributed by atoms with van der Waals surface area (Å²) in [4.78, 5) is 62.6. The number of H-pyrrole nitrogens is 2. The van der Waals surface area contributed by atoms with Crippen molar-refractivity contribution in [3.63, 3.8) is 0 Å². The van der Waals surface area contributed by atoms with E-state index in [4.69, 9.17) is 10.5 Å². The number of nitrogens with zero attached hydrogens (tertiary/aromatic N) is 6. The molecular weight excluding hydrogens is 670 g/mol. The summed E-state index contributed by atoms with van der Waals surface area (Å²) in [5.74, 6) is 1.11. The number of primary amides is 1. The van der Waals surface area contributed by atoms with Crippen LogP contribution in [-0.2, 0) is 16.6 Å². The lowest BCUT2D eigenvalue weighted by molar-refractivity contribution is -0.141. The van der Waals surface area contributed by atoms with E-state index in [0.717, 1.165) is 65.1 Å². The van der Waals surface area contributed by atoms with E-state index in [0.29, 0.717) is 30.2 Å². The molecule has 0 unspecified atom stereocenters. The van der Waals surface area contributed by atoms with Gasteiger partial charge in [-0.25, -0.2) is 19.7 Å². The first-order valence-electron chi connectivity index (χ1n) is 17.7. The minimum atomic E-state index is -1.12. The zero-order valence-electron chi connectivity index (χ0n) is 29.2. The highest BCUT2D eigenvalue weighted by Gasteiger charge is 2.38. The van der Waals surface area contributed by atoms with Gasteiger partial charge in [-0.15, -0.1) is 0 Å². The van der Waals surface area contributed by atoms with Crippen LogP contribution in [0.3, 0.4) is 0 Å². The van der Waals surface area contributed by atoms with Crippen molar-refractivity contribution in [2.45, 2.75) is 43.9 Å². The molecule has 2 saturated heterocycles. The van der Waals surface area contributed by atoms with Crippen molar-refractivity contribution in [2.75, 3.05) is 13.1 Å². The third kappa shape index (κ3) is 6.68. The van der Waals surface area contributed by atoms with Crippen molar-refractivity contribution in [3.05, 3.63) is 127 Å². The van der Waals surface area contributed by atoms with Crippen molar-refractivity contribution in [2.24, 2.45) is 12.8 Å². The van der Waals surface area contributed by atoms with Gasteiger partial charge in [-0.3, -0.25) is 9.59 Å². The molecule has 0 spiro atoms. The lowest BCUT2D eigenvalue weighted by Gasteiger charge is -2.27. The van der Waals surface area contributed by atoms with Gasteiger partial charge in [-0.05, 0) is 47.9 Å². The third-order valence-electron chi connectivity index (χ3n) is 10.2. The number of carbonyl (C=O) groups is 3. The molecule has 3 amide bonds. The molecule has 13 nitrogen and oxygen atoms in total. The standard InChI is InChI=1S/C40H39N9O4/c1-47-24-42-23-34(47)38(50)48-19-5-9-32(48)36-43-21-30(45-36)27-15-11-25(12-16-27)26-13-17-28(18-14-26)31-22-44-37(46-31)33-10-6-20-49(33)39(51)35(53-40(41)52)29-7-3-2-4-8-29/h2-4,7-8,11-18,21-24,32-33,35H,5-6,9-10,19-20H2,1H3,(H2,41,52)(H,43,45)(H,44,46)/t32-,33-,35+/m0/s1. The molecule has 0 bridgehead atoms. The maximum absolute atomic E-state index is 13.7. The molecule has 0 radical (unpaired) electrons. The van der Waals surface area contributed by atoms with Gasteiger partial charge in [0.15, 0.2) is 0 Å². The molecule has 2 fully saturated rings. The van der Waals surface area contributed by atoms with Gasteiger partial charge in [0.2, 0.25) is 6.10 Å². The summed E-state index contributed by atoms with van der Waals surface area (Å²) in [5.41, 5.74) is 12.3. The molecule has 3 aromatic heterocycles. The maximum Gasteiger partial charge on any atom is 0.405 e. The highest BCUT2D eigenvalue weighted by atomic mass is 16.6. The Morgan fingerprint density at radius 3 is 1.79 bits per heavy atom. The van der Waals surface area contributed by atoms with Crippen LogP contribution in [0.4, 0.5) is 4.79 Å². The Hall–Kier alpha value is -6.50. The molecule has 0 aliphatic carbocycles. The van der Waals surface area contributed by atoms with E-state index in [-0.39, 0.29) is 23.9 Å². The maximum atomic E-state index is 13.7. The minimum Gasteiger partial charge on any atom is -0.431 e. The number of hydrogen-bond acceptors (Lipinski definition) is 7. The van der Waals surface area contributed by atoms with E-state index < -0.39 is 12.2 Å². The number of carbonyl (C=O) groups excluding carboxylic acids is 3. The monoisotopic (exact) mass is 709 g/mol. The van der Waals surface area contributed by atoms with E-state index in [1.165, 1.54) is 0 Å². The summed E-state index contributed by atoms with van der Waals surface area (Å²) < 4.78 is 7.04. The predicted molar refractivity (Wildman–Crippen MR) is 197 cm³/mol. The van der Waals surface area contributed by atoms with Gasteiger partial charge in [-0.2, -0.15) is 0 Å². The molecule has 3 atom stereocenters. The molecule has 53 heavy (non-hydrogen) atoms. The zero-order chi connectivity index (χ0) is 36.5. The number of amides is 3. The Balaban J connectivity index is 0.935. The quantitative estimate of drug-likeness (QED) is 0.157. The van der Waals surface area contributed by atoms with E-state index in [1.807, 2.05) is 36.3 Å². The van der Waals surface area contributed by atoms with Crippen LogP contribution in [0, 0.1) is 0 Å². The van der Waals surface area contributed by atoms with Gasteiger partial charge in [0.05, 0.1) is 48.4 Å². The van der Waals surface area contributed by atoms with Crippen LogP contribution in [0.1, 0.15) is 71.6 Å². The highest BCUT2D eigenvalue weighted by Crippen LogP contribution is 2.36. The Morgan fingerprint density at radius 2 is 1.26 bits per heavy atom. The van der Waals surface area contributed by atoms with Crippen LogP contribution < -0.4 is 5.73 Å². The van der Waals surface area contributed by atoms with E-state index >= 15 is 0 Å². The Labute approximate surface area is 305 Å². The number of rotatable bonds is 9. The minimum absolute atomic E-state index is 0.0350. The van der Waals surface area contributed by atoms with Gasteiger partial charge in [0, 0.05) is 25.7 Å². The van der Waals surface area contributed by atoms with Crippen molar-refractivity contribution in [1.29, 1.82) is 0 Å². The van der Waals surface area contributed by atoms with Gasteiger partial charge in [-0.1, -0.05) is 78.9 Å². The molecule has 4 N–H and O–H groups in total. The lowest BCUT2D eigenvalue weighted by atomic mass is 10.0.